The highest BCUT2D eigenvalue weighted by atomic mass is 32.1. The number of hydrogen-bond donors (Lipinski definition) is 3. The summed E-state index contributed by atoms with van der Waals surface area (Å²) in [4.78, 5) is 48.1. The molecule has 1 aliphatic heterocycles. The molecule has 5 rings (SSSR count). The number of likely N-dealkylation sites (tertiary alicyclic amines) is 1. The van der Waals surface area contributed by atoms with Crippen LogP contribution in [-0.4, -0.2) is 88.1 Å². The number of nitrogens with one attached hydrogen (secondary N) is 2. The Labute approximate surface area is 310 Å². The fourth-order valence-electron chi connectivity index (χ4n) is 6.52. The average molecular weight is 732 g/mol. The first kappa shape index (κ1) is 39.0. The number of aromatic nitrogens is 2. The van der Waals surface area contributed by atoms with E-state index in [4.69, 9.17) is 14.5 Å². The number of thiophene rings is 1. The monoisotopic (exact) mass is 731 g/mol. The summed E-state index contributed by atoms with van der Waals surface area (Å²) in [7, 11) is 1.71. The maximum absolute atomic E-state index is 14.0. The third kappa shape index (κ3) is 10.4. The highest BCUT2D eigenvalue weighted by Crippen LogP contribution is 2.31. The van der Waals surface area contributed by atoms with Crippen LogP contribution in [0.4, 0.5) is 4.79 Å². The van der Waals surface area contributed by atoms with Crippen LogP contribution in [0.5, 0.6) is 0 Å². The van der Waals surface area contributed by atoms with Gasteiger partial charge in [-0.3, -0.25) is 9.59 Å². The quantitative estimate of drug-likeness (QED) is 0.126. The molecule has 4 aromatic rings. The number of methoxy groups -OCH3 is 1. The number of para-hydroxylation sites is 2. The molecule has 0 bridgehead atoms. The number of nitrogens with zero attached hydrogens (tertiary/aromatic N) is 3. The minimum absolute atomic E-state index is 0.0156. The topological polar surface area (TPSA) is 135 Å². The van der Waals surface area contributed by atoms with Gasteiger partial charge in [-0.1, -0.05) is 36.4 Å². The Bertz CT molecular complexity index is 1830. The molecule has 280 valence electrons. The highest BCUT2D eigenvalue weighted by molar-refractivity contribution is 7.17. The third-order valence-electron chi connectivity index (χ3n) is 9.09. The number of benzene rings is 2. The number of aliphatic hydroxyl groups excluding tert-OH is 1. The standard InChI is InChI=1S/C40H53N5O6S/c1-39(2,3)51-38(49)41-30(23-27-14-16-28(17-15-27)33-18-19-34(52-33)37(48)43-40(4,5)26-46)24-35(47)44-20-9-11-29(25-44)36-42-31-12-7-8-13-32(31)45(36)21-10-22-50-6/h7-8,12-19,29-30,46H,9-11,20-26H2,1-6H3,(H,41,49)(H,43,48). The van der Waals surface area contributed by atoms with E-state index in [0.717, 1.165) is 58.7 Å². The van der Waals surface area contributed by atoms with E-state index in [1.54, 1.807) is 27.0 Å². The van der Waals surface area contributed by atoms with Crippen LogP contribution in [-0.2, 0) is 27.2 Å². The molecular formula is C40H53N5O6S. The van der Waals surface area contributed by atoms with Gasteiger partial charge >= 0.3 is 6.09 Å². The second-order valence-electron chi connectivity index (χ2n) is 15.2. The van der Waals surface area contributed by atoms with Crippen LogP contribution in [0.15, 0.2) is 60.7 Å². The van der Waals surface area contributed by atoms with Crippen molar-refractivity contribution in [2.24, 2.45) is 0 Å². The third-order valence-corrected chi connectivity index (χ3v) is 10.2. The summed E-state index contributed by atoms with van der Waals surface area (Å²) in [5.41, 5.74) is 2.56. The number of carbonyl (C=O) groups excluding carboxylic acids is 3. The van der Waals surface area contributed by atoms with Crippen molar-refractivity contribution in [2.45, 2.75) is 96.4 Å². The van der Waals surface area contributed by atoms with Gasteiger partial charge < -0.3 is 34.7 Å². The summed E-state index contributed by atoms with van der Waals surface area (Å²) in [5, 5.41) is 15.4. The summed E-state index contributed by atoms with van der Waals surface area (Å²) in [5.74, 6) is 0.861. The number of ether oxygens (including phenoxy) is 2. The number of alkyl carbamates (subject to hydrolysis) is 1. The molecule has 0 spiro atoms. The first-order valence-corrected chi connectivity index (χ1v) is 18.9. The van der Waals surface area contributed by atoms with Crippen molar-refractivity contribution in [2.75, 3.05) is 33.4 Å². The van der Waals surface area contributed by atoms with Crippen LogP contribution in [0.1, 0.15) is 87.3 Å². The number of amides is 3. The molecule has 3 heterocycles. The van der Waals surface area contributed by atoms with Crippen molar-refractivity contribution < 1.29 is 29.0 Å². The number of aliphatic hydroxyl groups is 1. The van der Waals surface area contributed by atoms with Crippen molar-refractivity contribution in [3.8, 4) is 10.4 Å². The Morgan fingerprint density at radius 3 is 2.50 bits per heavy atom. The number of piperidine rings is 1. The molecular weight excluding hydrogens is 679 g/mol. The lowest BCUT2D eigenvalue weighted by atomic mass is 9.95. The molecule has 2 aromatic carbocycles. The van der Waals surface area contributed by atoms with Crippen molar-refractivity contribution in [3.63, 3.8) is 0 Å². The van der Waals surface area contributed by atoms with Gasteiger partial charge in [0.2, 0.25) is 5.91 Å². The number of imidazole rings is 1. The van der Waals surface area contributed by atoms with E-state index in [2.05, 4.69) is 21.3 Å². The van der Waals surface area contributed by atoms with Crippen LogP contribution in [0.3, 0.4) is 0 Å². The molecule has 0 aliphatic carbocycles. The first-order chi connectivity index (χ1) is 24.7. The fourth-order valence-corrected chi connectivity index (χ4v) is 7.43. The van der Waals surface area contributed by atoms with E-state index in [-0.39, 0.29) is 30.8 Å². The van der Waals surface area contributed by atoms with Gasteiger partial charge in [-0.05, 0) is 95.7 Å². The van der Waals surface area contributed by atoms with Crippen LogP contribution < -0.4 is 10.6 Å². The largest absolute Gasteiger partial charge is 0.444 e. The maximum Gasteiger partial charge on any atom is 0.407 e. The van der Waals surface area contributed by atoms with Crippen LogP contribution in [0.25, 0.3) is 21.5 Å². The summed E-state index contributed by atoms with van der Waals surface area (Å²) in [6, 6.07) is 19.3. The Morgan fingerprint density at radius 2 is 1.79 bits per heavy atom. The minimum atomic E-state index is -0.716. The molecule has 3 N–H and O–H groups in total. The lowest BCUT2D eigenvalue weighted by Crippen LogP contribution is -2.46. The molecule has 0 radical (unpaired) electrons. The van der Waals surface area contributed by atoms with Crippen molar-refractivity contribution >= 4 is 40.3 Å². The van der Waals surface area contributed by atoms with E-state index < -0.39 is 23.3 Å². The fraction of sp³-hybridized carbons (Fsp3) is 0.500. The molecule has 52 heavy (non-hydrogen) atoms. The summed E-state index contributed by atoms with van der Waals surface area (Å²) < 4.78 is 13.2. The van der Waals surface area contributed by atoms with Crippen molar-refractivity contribution in [1.29, 1.82) is 0 Å². The first-order valence-electron chi connectivity index (χ1n) is 18.1. The van der Waals surface area contributed by atoms with Gasteiger partial charge in [0, 0.05) is 56.6 Å². The molecule has 2 atom stereocenters. The zero-order chi connectivity index (χ0) is 37.5. The predicted octanol–water partition coefficient (Wildman–Crippen LogP) is 6.53. The number of carbonyl (C=O) groups is 3. The van der Waals surface area contributed by atoms with Gasteiger partial charge in [0.25, 0.3) is 5.91 Å². The van der Waals surface area contributed by atoms with Crippen LogP contribution in [0, 0.1) is 0 Å². The van der Waals surface area contributed by atoms with Crippen LogP contribution >= 0.6 is 11.3 Å². The zero-order valence-electron chi connectivity index (χ0n) is 31.2. The Kier molecular flexibility index (Phi) is 12.8. The molecule has 2 unspecified atom stereocenters. The highest BCUT2D eigenvalue weighted by Gasteiger charge is 2.31. The van der Waals surface area contributed by atoms with Gasteiger partial charge in [0.05, 0.1) is 28.1 Å². The molecule has 0 saturated carbocycles. The number of fused-ring (bicyclic) bond motifs is 1. The van der Waals surface area contributed by atoms with Gasteiger partial charge in [0.1, 0.15) is 11.4 Å². The van der Waals surface area contributed by atoms with Gasteiger partial charge in [-0.2, -0.15) is 0 Å². The Hall–Kier alpha value is -4.26. The second-order valence-corrected chi connectivity index (χ2v) is 16.3. The zero-order valence-corrected chi connectivity index (χ0v) is 32.1. The van der Waals surface area contributed by atoms with Crippen molar-refractivity contribution in [1.82, 2.24) is 25.1 Å². The van der Waals surface area contributed by atoms with Gasteiger partial charge in [0.15, 0.2) is 0 Å². The van der Waals surface area contributed by atoms with E-state index in [1.165, 1.54) is 11.3 Å². The van der Waals surface area contributed by atoms with E-state index in [1.807, 2.05) is 74.2 Å². The van der Waals surface area contributed by atoms with E-state index in [0.29, 0.717) is 31.0 Å². The van der Waals surface area contributed by atoms with Crippen LogP contribution in [0.2, 0.25) is 0 Å². The smallest absolute Gasteiger partial charge is 0.407 e. The van der Waals surface area contributed by atoms with Gasteiger partial charge in [-0.25, -0.2) is 9.78 Å². The Morgan fingerprint density at radius 1 is 1.04 bits per heavy atom. The summed E-state index contributed by atoms with van der Waals surface area (Å²) >= 11 is 1.38. The predicted molar refractivity (Wildman–Crippen MR) is 205 cm³/mol. The maximum atomic E-state index is 14.0. The second kappa shape index (κ2) is 17.0. The Balaban J connectivity index is 1.29. The molecule has 3 amide bonds. The number of aryl methyl sites for hydroxylation is 1. The van der Waals surface area contributed by atoms with Gasteiger partial charge in [-0.15, -0.1) is 11.3 Å². The molecule has 1 aliphatic rings. The van der Waals surface area contributed by atoms with E-state index in [9.17, 15) is 19.5 Å². The van der Waals surface area contributed by atoms with E-state index >= 15 is 0 Å². The van der Waals surface area contributed by atoms with Crippen molar-refractivity contribution in [3.05, 3.63) is 76.9 Å². The molecule has 11 nitrogen and oxygen atoms in total. The minimum Gasteiger partial charge on any atom is -0.444 e. The number of rotatable bonds is 14. The summed E-state index contributed by atoms with van der Waals surface area (Å²) in [6.45, 7) is 11.5. The molecule has 12 heteroatoms. The normalized spacial score (nSPS) is 15.8. The number of hydrogen-bond acceptors (Lipinski definition) is 8. The summed E-state index contributed by atoms with van der Waals surface area (Å²) in [6.07, 6.45) is 2.69. The lowest BCUT2D eigenvalue weighted by Gasteiger charge is -2.34. The lowest BCUT2D eigenvalue weighted by molar-refractivity contribution is -0.133. The molecule has 2 aromatic heterocycles. The molecule has 1 saturated heterocycles. The SMILES string of the molecule is COCCCn1c(C2CCCN(C(=O)CC(Cc3ccc(-c4ccc(C(=O)NC(C)(C)CO)s4)cc3)NC(=O)OC(C)(C)C)C2)nc2ccccc21. The molecule has 1 fully saturated rings. The average Bonchev–Trinajstić information content (AvgIpc) is 3.74.